The van der Waals surface area contributed by atoms with Crippen molar-refractivity contribution in [1.29, 1.82) is 0 Å². The van der Waals surface area contributed by atoms with E-state index in [0.717, 1.165) is 6.92 Å². The van der Waals surface area contributed by atoms with Crippen molar-refractivity contribution in [3.8, 4) is 0 Å². The van der Waals surface area contributed by atoms with Crippen molar-refractivity contribution in [3.05, 3.63) is 47.0 Å². The van der Waals surface area contributed by atoms with E-state index in [9.17, 15) is 18.0 Å². The minimum Gasteiger partial charge on any atom is -0.444 e. The molecule has 9 heteroatoms. The smallest absolute Gasteiger partial charge is 0.412 e. The second kappa shape index (κ2) is 8.93. The molecule has 0 saturated heterocycles. The lowest BCUT2D eigenvalue weighted by Crippen LogP contribution is -2.13. The molecule has 5 nitrogen and oxygen atoms in total. The molecule has 26 heavy (non-hydrogen) atoms. The summed E-state index contributed by atoms with van der Waals surface area (Å²) in [6, 6.07) is 4.18. The number of aromatic nitrogens is 2. The van der Waals surface area contributed by atoms with Gasteiger partial charge in [0.25, 0.3) is 0 Å². The van der Waals surface area contributed by atoms with E-state index in [0.29, 0.717) is 25.1 Å². The minimum atomic E-state index is -2.66. The summed E-state index contributed by atoms with van der Waals surface area (Å²) in [6.45, 7) is 1.04. The number of alkyl halides is 2. The fourth-order valence-corrected chi connectivity index (χ4v) is 2.44. The lowest BCUT2D eigenvalue weighted by atomic mass is 10.1. The molecule has 0 aliphatic carbocycles. The molecule has 2 rings (SSSR count). The van der Waals surface area contributed by atoms with Gasteiger partial charge in [0.05, 0.1) is 16.9 Å². The van der Waals surface area contributed by atoms with E-state index < -0.39 is 17.8 Å². The second-order valence-electron chi connectivity index (χ2n) is 5.92. The van der Waals surface area contributed by atoms with Crippen LogP contribution in [0.15, 0.2) is 30.6 Å². The van der Waals surface area contributed by atoms with Gasteiger partial charge in [0.1, 0.15) is 12.4 Å². The fraction of sp³-hybridized carbons (Fsp3) is 0.412. The molecule has 0 spiro atoms. The Morgan fingerprint density at radius 3 is 2.85 bits per heavy atom. The number of nitrogens with zero attached hydrogens (tertiary/aromatic N) is 2. The zero-order chi connectivity index (χ0) is 19.2. The largest absolute Gasteiger partial charge is 0.444 e. The summed E-state index contributed by atoms with van der Waals surface area (Å²) in [7, 11) is 0. The topological polar surface area (TPSA) is 56.2 Å². The molecule has 1 heterocycles. The quantitative estimate of drug-likeness (QED) is 0.627. The Kier molecular flexibility index (Phi) is 6.90. The van der Waals surface area contributed by atoms with Gasteiger partial charge < -0.3 is 4.74 Å². The molecule has 0 bridgehead atoms. The number of rotatable bonds is 8. The molecular weight excluding hydrogens is 371 g/mol. The fourth-order valence-electron chi connectivity index (χ4n) is 2.22. The van der Waals surface area contributed by atoms with E-state index in [1.165, 1.54) is 29.1 Å². The van der Waals surface area contributed by atoms with E-state index in [-0.39, 0.29) is 23.6 Å². The number of amides is 1. The number of unbranched alkanes of at least 4 members (excludes halogenated alkanes) is 1. The van der Waals surface area contributed by atoms with Crippen LogP contribution >= 0.6 is 11.6 Å². The Morgan fingerprint density at radius 1 is 1.38 bits per heavy atom. The number of hydrogen-bond acceptors (Lipinski definition) is 3. The van der Waals surface area contributed by atoms with Crippen LogP contribution in [0.4, 0.5) is 23.7 Å². The Morgan fingerprint density at radius 2 is 2.15 bits per heavy atom. The molecule has 0 unspecified atom stereocenters. The van der Waals surface area contributed by atoms with E-state index in [4.69, 9.17) is 16.3 Å². The lowest BCUT2D eigenvalue weighted by Gasteiger charge is -2.09. The summed E-state index contributed by atoms with van der Waals surface area (Å²) in [5, 5.41) is 6.65. The average molecular weight is 390 g/mol. The van der Waals surface area contributed by atoms with Gasteiger partial charge in [-0.05, 0) is 31.9 Å². The van der Waals surface area contributed by atoms with Gasteiger partial charge in [-0.15, -0.1) is 0 Å². The van der Waals surface area contributed by atoms with Crippen molar-refractivity contribution in [3.63, 3.8) is 0 Å². The summed E-state index contributed by atoms with van der Waals surface area (Å²) in [5.74, 6) is -3.22. The van der Waals surface area contributed by atoms with Crippen molar-refractivity contribution < 1.29 is 22.7 Å². The number of benzene rings is 1. The maximum Gasteiger partial charge on any atom is 0.412 e. The number of hydrogen-bond donors (Lipinski definition) is 1. The Bertz CT molecular complexity index is 727. The third kappa shape index (κ3) is 6.59. The first-order valence-electron chi connectivity index (χ1n) is 8.01. The molecule has 0 saturated carbocycles. The van der Waals surface area contributed by atoms with E-state index >= 15 is 0 Å². The van der Waals surface area contributed by atoms with Crippen LogP contribution < -0.4 is 5.32 Å². The highest BCUT2D eigenvalue weighted by atomic mass is 35.5. The van der Waals surface area contributed by atoms with Crippen molar-refractivity contribution in [1.82, 2.24) is 9.78 Å². The normalized spacial score (nSPS) is 11.4. The standard InChI is InChI=1S/C17H19ClF3N3O2/c1-17(20,21)7-2-3-8-24-10-12(9-22-24)23-16(25)26-11-13-14(18)5-4-6-15(13)19/h4-6,9-10H,2-3,7-8,11H2,1H3,(H,23,25). The van der Waals surface area contributed by atoms with Crippen molar-refractivity contribution in [2.75, 3.05) is 5.32 Å². The molecule has 2 aromatic rings. The maximum atomic E-state index is 13.6. The van der Waals surface area contributed by atoms with Crippen LogP contribution in [0.25, 0.3) is 0 Å². The number of carbonyl (C=O) groups excluding carboxylic acids is 1. The number of nitrogens with one attached hydrogen (secondary N) is 1. The molecule has 0 aliphatic rings. The molecule has 1 aromatic heterocycles. The highest BCUT2D eigenvalue weighted by Crippen LogP contribution is 2.21. The van der Waals surface area contributed by atoms with Gasteiger partial charge in [-0.1, -0.05) is 17.7 Å². The SMILES string of the molecule is CC(F)(F)CCCCn1cc(NC(=O)OCc2c(F)cccc2Cl)cn1. The van der Waals surface area contributed by atoms with Crippen LogP contribution in [0.3, 0.4) is 0 Å². The first-order valence-corrected chi connectivity index (χ1v) is 8.39. The molecule has 142 valence electrons. The zero-order valence-electron chi connectivity index (χ0n) is 14.1. The molecule has 1 N–H and O–H groups in total. The van der Waals surface area contributed by atoms with Crippen LogP contribution in [0.2, 0.25) is 5.02 Å². The van der Waals surface area contributed by atoms with Crippen LogP contribution in [0.1, 0.15) is 31.7 Å². The third-order valence-electron chi connectivity index (χ3n) is 3.54. The molecule has 0 aliphatic heterocycles. The maximum absolute atomic E-state index is 13.6. The number of halogens is 4. The van der Waals surface area contributed by atoms with Gasteiger partial charge in [-0.25, -0.2) is 18.0 Å². The molecule has 0 fully saturated rings. The molecule has 1 aromatic carbocycles. The van der Waals surface area contributed by atoms with Crippen molar-refractivity contribution in [2.24, 2.45) is 0 Å². The van der Waals surface area contributed by atoms with Gasteiger partial charge in [0.2, 0.25) is 5.92 Å². The Labute approximate surface area is 154 Å². The summed E-state index contributed by atoms with van der Waals surface area (Å²) in [4.78, 5) is 11.8. The highest BCUT2D eigenvalue weighted by Gasteiger charge is 2.19. The monoisotopic (exact) mass is 389 g/mol. The van der Waals surface area contributed by atoms with E-state index in [1.807, 2.05) is 0 Å². The Hall–Kier alpha value is -2.22. The molecule has 0 atom stereocenters. The first kappa shape index (κ1) is 20.1. The summed E-state index contributed by atoms with van der Waals surface area (Å²) in [6.07, 6.45) is 2.92. The molecular formula is C17H19ClF3N3O2. The predicted octanol–water partition coefficient (Wildman–Crippen LogP) is 5.25. The number of carbonyl (C=O) groups is 1. The molecule has 1 amide bonds. The van der Waals surface area contributed by atoms with Crippen LogP contribution in [-0.4, -0.2) is 21.8 Å². The predicted molar refractivity (Wildman–Crippen MR) is 91.9 cm³/mol. The second-order valence-corrected chi connectivity index (χ2v) is 6.33. The van der Waals surface area contributed by atoms with Gasteiger partial charge >= 0.3 is 6.09 Å². The average Bonchev–Trinajstić information content (AvgIpc) is 2.97. The van der Waals surface area contributed by atoms with Gasteiger partial charge in [-0.3, -0.25) is 10.00 Å². The number of aryl methyl sites for hydroxylation is 1. The first-order chi connectivity index (χ1) is 12.2. The van der Waals surface area contributed by atoms with Crippen molar-refractivity contribution in [2.45, 2.75) is 45.3 Å². The van der Waals surface area contributed by atoms with Crippen LogP contribution in [0, 0.1) is 5.82 Å². The number of anilines is 1. The third-order valence-corrected chi connectivity index (χ3v) is 3.90. The highest BCUT2D eigenvalue weighted by molar-refractivity contribution is 6.31. The van der Waals surface area contributed by atoms with E-state index in [1.54, 1.807) is 6.20 Å². The lowest BCUT2D eigenvalue weighted by molar-refractivity contribution is 0.0102. The van der Waals surface area contributed by atoms with E-state index in [2.05, 4.69) is 10.4 Å². The van der Waals surface area contributed by atoms with Crippen LogP contribution in [-0.2, 0) is 17.9 Å². The van der Waals surface area contributed by atoms with Gasteiger partial charge in [0.15, 0.2) is 0 Å². The Balaban J connectivity index is 1.77. The summed E-state index contributed by atoms with van der Waals surface area (Å²) < 4.78 is 45.5. The molecule has 0 radical (unpaired) electrons. The van der Waals surface area contributed by atoms with Crippen LogP contribution in [0.5, 0.6) is 0 Å². The zero-order valence-corrected chi connectivity index (χ0v) is 14.9. The summed E-state index contributed by atoms with van der Waals surface area (Å²) in [5.41, 5.74) is 0.475. The van der Waals surface area contributed by atoms with Gasteiger partial charge in [-0.2, -0.15) is 5.10 Å². The summed E-state index contributed by atoms with van der Waals surface area (Å²) >= 11 is 5.85. The minimum absolute atomic E-state index is 0.0905. The van der Waals surface area contributed by atoms with Gasteiger partial charge in [0, 0.05) is 24.7 Å². The number of ether oxygens (including phenoxy) is 1. The van der Waals surface area contributed by atoms with Crippen molar-refractivity contribution >= 4 is 23.4 Å².